The monoisotopic (exact) mass is 493 g/mol. The van der Waals surface area contributed by atoms with Gasteiger partial charge in [-0.1, -0.05) is 48.0 Å². The zero-order valence-corrected chi connectivity index (χ0v) is 18.7. The molecule has 3 aromatic rings. The highest BCUT2D eigenvalue weighted by Gasteiger charge is 2.30. The quantitative estimate of drug-likeness (QED) is 0.477. The lowest BCUT2D eigenvalue weighted by Crippen LogP contribution is -2.45. The van der Waals surface area contributed by atoms with Gasteiger partial charge in [-0.15, -0.1) is 10.2 Å². The molecule has 0 aliphatic heterocycles. The lowest BCUT2D eigenvalue weighted by atomic mass is 10.1. The van der Waals surface area contributed by atoms with Crippen molar-refractivity contribution < 1.29 is 22.4 Å². The number of hydrogen-bond acceptors (Lipinski definition) is 7. The Hall–Kier alpha value is -2.56. The molecular weight excluding hydrogens is 474 g/mol. The average molecular weight is 494 g/mol. The standard InChI is InChI=1S/C20H20BrN3O5S/c1-13(2)18(24-30(26,27)16-10-8-15(21)9-11-16)20(25)28-12-17-22-23-19(29-17)14-6-4-3-5-7-14/h3-11,13,18,24H,12H2,1-2H3/t18-/m0/s1. The first-order chi connectivity index (χ1) is 14.3. The van der Waals surface area contributed by atoms with Gasteiger partial charge in [0, 0.05) is 10.0 Å². The molecule has 0 aliphatic rings. The summed E-state index contributed by atoms with van der Waals surface area (Å²) >= 11 is 3.26. The molecule has 1 heterocycles. The van der Waals surface area contributed by atoms with Gasteiger partial charge in [0.2, 0.25) is 15.9 Å². The number of rotatable bonds is 8. The van der Waals surface area contributed by atoms with Crippen LogP contribution in [0, 0.1) is 5.92 Å². The summed E-state index contributed by atoms with van der Waals surface area (Å²) in [5.41, 5.74) is 0.741. The summed E-state index contributed by atoms with van der Waals surface area (Å²) in [7, 11) is -3.90. The molecule has 0 aliphatic carbocycles. The fourth-order valence-electron chi connectivity index (χ4n) is 2.54. The van der Waals surface area contributed by atoms with Crippen LogP contribution in [-0.2, 0) is 26.2 Å². The van der Waals surface area contributed by atoms with Crippen molar-refractivity contribution in [2.45, 2.75) is 31.4 Å². The number of hydrogen-bond donors (Lipinski definition) is 1. The van der Waals surface area contributed by atoms with Crippen LogP contribution in [0.25, 0.3) is 11.5 Å². The molecule has 0 saturated carbocycles. The average Bonchev–Trinajstić information content (AvgIpc) is 3.20. The number of ether oxygens (including phenoxy) is 1. The Bertz CT molecular complexity index is 1100. The summed E-state index contributed by atoms with van der Waals surface area (Å²) in [5, 5.41) is 7.79. The number of nitrogens with zero attached hydrogens (tertiary/aromatic N) is 2. The first-order valence-electron chi connectivity index (χ1n) is 9.08. The van der Waals surface area contributed by atoms with Crippen molar-refractivity contribution in [3.8, 4) is 11.5 Å². The highest BCUT2D eigenvalue weighted by molar-refractivity contribution is 9.10. The molecule has 30 heavy (non-hydrogen) atoms. The number of nitrogens with one attached hydrogen (secondary N) is 1. The molecule has 0 fully saturated rings. The van der Waals surface area contributed by atoms with Crippen LogP contribution >= 0.6 is 15.9 Å². The lowest BCUT2D eigenvalue weighted by molar-refractivity contribution is -0.148. The molecule has 1 N–H and O–H groups in total. The first kappa shape index (κ1) is 22.1. The van der Waals surface area contributed by atoms with Crippen molar-refractivity contribution in [3.05, 3.63) is 65.0 Å². The van der Waals surface area contributed by atoms with Crippen LogP contribution in [0.15, 0.2) is 68.4 Å². The van der Waals surface area contributed by atoms with Crippen LogP contribution in [0.5, 0.6) is 0 Å². The predicted molar refractivity (Wildman–Crippen MR) is 113 cm³/mol. The van der Waals surface area contributed by atoms with E-state index in [1.165, 1.54) is 12.1 Å². The number of aromatic nitrogens is 2. The molecule has 0 amide bonds. The topological polar surface area (TPSA) is 111 Å². The van der Waals surface area contributed by atoms with Gasteiger partial charge in [-0.3, -0.25) is 4.79 Å². The van der Waals surface area contributed by atoms with E-state index in [2.05, 4.69) is 30.8 Å². The summed E-state index contributed by atoms with van der Waals surface area (Å²) in [4.78, 5) is 12.6. The van der Waals surface area contributed by atoms with Gasteiger partial charge in [0.05, 0.1) is 4.90 Å². The van der Waals surface area contributed by atoms with Crippen LogP contribution in [0.3, 0.4) is 0 Å². The van der Waals surface area contributed by atoms with Crippen molar-refractivity contribution in [3.63, 3.8) is 0 Å². The van der Waals surface area contributed by atoms with Gasteiger partial charge in [0.1, 0.15) is 6.04 Å². The van der Waals surface area contributed by atoms with E-state index in [4.69, 9.17) is 9.15 Å². The molecule has 3 rings (SSSR count). The summed E-state index contributed by atoms with van der Waals surface area (Å²) in [6, 6.07) is 14.2. The third kappa shape index (κ3) is 5.53. The van der Waals surface area contributed by atoms with E-state index in [-0.39, 0.29) is 23.3 Å². The maximum absolute atomic E-state index is 12.6. The Kier molecular flexibility index (Phi) is 7.01. The van der Waals surface area contributed by atoms with Crippen LogP contribution < -0.4 is 4.72 Å². The van der Waals surface area contributed by atoms with E-state index in [1.54, 1.807) is 26.0 Å². The minimum atomic E-state index is -3.90. The Morgan fingerprint density at radius 2 is 1.77 bits per heavy atom. The summed E-state index contributed by atoms with van der Waals surface area (Å²) in [6.07, 6.45) is 0. The van der Waals surface area contributed by atoms with Gasteiger partial charge in [-0.25, -0.2) is 8.42 Å². The van der Waals surface area contributed by atoms with Gasteiger partial charge in [-0.2, -0.15) is 4.72 Å². The molecule has 0 spiro atoms. The molecule has 0 bridgehead atoms. The molecule has 10 heteroatoms. The van der Waals surface area contributed by atoms with E-state index in [9.17, 15) is 13.2 Å². The molecule has 0 saturated heterocycles. The largest absolute Gasteiger partial charge is 0.454 e. The number of carbonyl (C=O) groups is 1. The van der Waals surface area contributed by atoms with Gasteiger partial charge >= 0.3 is 5.97 Å². The van der Waals surface area contributed by atoms with Crippen molar-refractivity contribution in [2.24, 2.45) is 5.92 Å². The molecule has 2 aromatic carbocycles. The summed E-state index contributed by atoms with van der Waals surface area (Å²) in [5.74, 6) is -0.658. The first-order valence-corrected chi connectivity index (χ1v) is 11.4. The minimum Gasteiger partial charge on any atom is -0.454 e. The van der Waals surface area contributed by atoms with Crippen LogP contribution in [0.4, 0.5) is 0 Å². The zero-order valence-electron chi connectivity index (χ0n) is 16.3. The van der Waals surface area contributed by atoms with Crippen LogP contribution in [0.1, 0.15) is 19.7 Å². The highest BCUT2D eigenvalue weighted by Crippen LogP contribution is 2.19. The van der Waals surface area contributed by atoms with E-state index in [1.807, 2.05) is 30.3 Å². The number of esters is 1. The summed E-state index contributed by atoms with van der Waals surface area (Å²) < 4.78 is 39.1. The second-order valence-electron chi connectivity index (χ2n) is 6.77. The predicted octanol–water partition coefficient (Wildman–Crippen LogP) is 3.55. The van der Waals surface area contributed by atoms with Crippen molar-refractivity contribution in [1.82, 2.24) is 14.9 Å². The van der Waals surface area contributed by atoms with Gasteiger partial charge < -0.3 is 9.15 Å². The maximum Gasteiger partial charge on any atom is 0.324 e. The number of benzene rings is 2. The molecule has 1 aromatic heterocycles. The van der Waals surface area contributed by atoms with E-state index < -0.39 is 22.0 Å². The van der Waals surface area contributed by atoms with Crippen LogP contribution in [0.2, 0.25) is 0 Å². The van der Waals surface area contributed by atoms with Crippen molar-refractivity contribution in [1.29, 1.82) is 0 Å². The van der Waals surface area contributed by atoms with Gasteiger partial charge in [-0.05, 0) is 42.3 Å². The van der Waals surface area contributed by atoms with E-state index >= 15 is 0 Å². The molecular formula is C20H20BrN3O5S. The second kappa shape index (κ2) is 9.50. The number of halogens is 1. The van der Waals surface area contributed by atoms with Crippen molar-refractivity contribution in [2.75, 3.05) is 0 Å². The molecule has 8 nitrogen and oxygen atoms in total. The number of sulfonamides is 1. The Morgan fingerprint density at radius 1 is 1.10 bits per heavy atom. The molecule has 0 unspecified atom stereocenters. The van der Waals surface area contributed by atoms with Gasteiger partial charge in [0.25, 0.3) is 5.89 Å². The Labute approximate surface area is 182 Å². The van der Waals surface area contributed by atoms with Crippen molar-refractivity contribution >= 4 is 31.9 Å². The molecule has 1 atom stereocenters. The fraction of sp³-hybridized carbons (Fsp3) is 0.250. The fourth-order valence-corrected chi connectivity index (χ4v) is 4.13. The third-order valence-corrected chi connectivity index (χ3v) is 6.14. The second-order valence-corrected chi connectivity index (χ2v) is 9.40. The normalized spacial score (nSPS) is 12.7. The third-order valence-electron chi connectivity index (χ3n) is 4.15. The van der Waals surface area contributed by atoms with E-state index in [0.717, 1.165) is 10.0 Å². The molecule has 158 valence electrons. The van der Waals surface area contributed by atoms with E-state index in [0.29, 0.717) is 5.89 Å². The Morgan fingerprint density at radius 3 is 2.40 bits per heavy atom. The summed E-state index contributed by atoms with van der Waals surface area (Å²) in [6.45, 7) is 3.17. The smallest absolute Gasteiger partial charge is 0.324 e. The number of carbonyl (C=O) groups excluding carboxylic acids is 1. The SMILES string of the molecule is CC(C)[C@H](NS(=O)(=O)c1ccc(Br)cc1)C(=O)OCc1nnc(-c2ccccc2)o1. The minimum absolute atomic E-state index is 0.0496. The molecule has 0 radical (unpaired) electrons. The highest BCUT2D eigenvalue weighted by atomic mass is 79.9. The lowest BCUT2D eigenvalue weighted by Gasteiger charge is -2.20. The van der Waals surface area contributed by atoms with Crippen LogP contribution in [-0.4, -0.2) is 30.6 Å². The maximum atomic E-state index is 12.6. The Balaban J connectivity index is 1.66. The van der Waals surface area contributed by atoms with Gasteiger partial charge in [0.15, 0.2) is 6.61 Å². The zero-order chi connectivity index (χ0) is 21.7.